The lowest BCUT2D eigenvalue weighted by Crippen LogP contribution is -2.42. The fourth-order valence-electron chi connectivity index (χ4n) is 2.95. The second-order valence-corrected chi connectivity index (χ2v) is 8.94. The van der Waals surface area contributed by atoms with Crippen LogP contribution in [0.5, 0.6) is 0 Å². The van der Waals surface area contributed by atoms with Gasteiger partial charge in [0.2, 0.25) is 0 Å². The number of hydrogen-bond donors (Lipinski definition) is 2. The number of hydrogen-bond acceptors (Lipinski definition) is 3. The normalized spacial score (nSPS) is 13.5. The first-order chi connectivity index (χ1) is 14.2. The summed E-state index contributed by atoms with van der Waals surface area (Å²) >= 11 is 6.02. The van der Waals surface area contributed by atoms with E-state index >= 15 is 0 Å². The van der Waals surface area contributed by atoms with Gasteiger partial charge in [0.1, 0.15) is 11.1 Å². The molecule has 1 aromatic carbocycles. The minimum absolute atomic E-state index is 0.239. The summed E-state index contributed by atoms with van der Waals surface area (Å²) < 4.78 is 42.3. The molecule has 3 aromatic rings. The highest BCUT2D eigenvalue weighted by Crippen LogP contribution is 2.35. The zero-order chi connectivity index (χ0) is 23.3. The average Bonchev–Trinajstić information content (AvgIpc) is 3.03. The van der Waals surface area contributed by atoms with E-state index in [0.717, 1.165) is 10.1 Å². The van der Waals surface area contributed by atoms with Gasteiger partial charge in [0.15, 0.2) is 5.69 Å². The molecule has 0 saturated carbocycles. The third-order valence-corrected chi connectivity index (χ3v) is 5.66. The highest BCUT2D eigenvalue weighted by Gasteiger charge is 2.42. The van der Waals surface area contributed by atoms with Gasteiger partial charge < -0.3 is 10.3 Å². The van der Waals surface area contributed by atoms with E-state index in [4.69, 9.17) is 11.6 Å². The Morgan fingerprint density at radius 1 is 1.26 bits per heavy atom. The van der Waals surface area contributed by atoms with Gasteiger partial charge >= 0.3 is 6.18 Å². The lowest BCUT2D eigenvalue weighted by atomic mass is 9.88. The van der Waals surface area contributed by atoms with Crippen LogP contribution in [0.15, 0.2) is 29.2 Å². The van der Waals surface area contributed by atoms with Crippen LogP contribution < -0.4 is 10.9 Å². The maximum absolute atomic E-state index is 13.8. The van der Waals surface area contributed by atoms with Crippen LogP contribution in [0.1, 0.15) is 49.3 Å². The number of aromatic nitrogens is 3. The largest absolute Gasteiger partial charge is 0.421 e. The number of benzene rings is 1. The topological polar surface area (TPSA) is 79.3 Å². The molecule has 2 N–H and O–H groups in total. The van der Waals surface area contributed by atoms with Gasteiger partial charge in [-0.3, -0.25) is 9.59 Å². The Morgan fingerprint density at radius 2 is 1.90 bits per heavy atom. The molecular formula is C21H22ClF3N4O2. The number of rotatable bonds is 3. The SMILES string of the molecule is Cc1cc(-c2cn3nc(C(=O)N[C@H](C)C(C)(C)C)c(C(F)(F)F)c3c(=O)[nH]2)ccc1Cl. The van der Waals surface area contributed by atoms with Crippen LogP contribution in [-0.4, -0.2) is 26.5 Å². The molecule has 0 saturated heterocycles. The van der Waals surface area contributed by atoms with Crippen LogP contribution in [0.3, 0.4) is 0 Å². The lowest BCUT2D eigenvalue weighted by Gasteiger charge is -2.27. The van der Waals surface area contributed by atoms with E-state index < -0.39 is 40.5 Å². The van der Waals surface area contributed by atoms with Crippen molar-refractivity contribution in [2.75, 3.05) is 0 Å². The molecular weight excluding hydrogens is 433 g/mol. The van der Waals surface area contributed by atoms with Crippen LogP contribution in [-0.2, 0) is 6.18 Å². The van der Waals surface area contributed by atoms with Gasteiger partial charge in [-0.1, -0.05) is 38.4 Å². The van der Waals surface area contributed by atoms with Gasteiger partial charge in [-0.2, -0.15) is 18.3 Å². The molecule has 0 fully saturated rings. The fourth-order valence-corrected chi connectivity index (χ4v) is 3.07. The molecule has 0 aliphatic rings. The van der Waals surface area contributed by atoms with Gasteiger partial charge in [0.05, 0.1) is 11.9 Å². The number of alkyl halides is 3. The van der Waals surface area contributed by atoms with E-state index in [0.29, 0.717) is 10.6 Å². The van der Waals surface area contributed by atoms with Crippen molar-refractivity contribution >= 4 is 23.0 Å². The molecule has 0 aliphatic carbocycles. The third-order valence-electron chi connectivity index (χ3n) is 5.24. The number of carbonyl (C=O) groups is 1. The summed E-state index contributed by atoms with van der Waals surface area (Å²) in [6.07, 6.45) is -3.70. The van der Waals surface area contributed by atoms with Crippen LogP contribution in [0.25, 0.3) is 16.8 Å². The minimum Gasteiger partial charge on any atom is -0.348 e. The third kappa shape index (κ3) is 4.46. The van der Waals surface area contributed by atoms with Crippen molar-refractivity contribution in [2.24, 2.45) is 5.41 Å². The summed E-state index contributed by atoms with van der Waals surface area (Å²) in [6, 6.07) is 4.49. The first-order valence-electron chi connectivity index (χ1n) is 9.50. The van der Waals surface area contributed by atoms with Gasteiger partial charge in [0.25, 0.3) is 11.5 Å². The Kier molecular flexibility index (Phi) is 5.69. The number of nitrogens with one attached hydrogen (secondary N) is 2. The summed E-state index contributed by atoms with van der Waals surface area (Å²) in [5.41, 5.74) is -2.84. The van der Waals surface area contributed by atoms with Crippen LogP contribution in [0.2, 0.25) is 5.02 Å². The number of aryl methyl sites for hydroxylation is 1. The van der Waals surface area contributed by atoms with Crippen LogP contribution in [0, 0.1) is 12.3 Å². The number of amides is 1. The Labute approximate surface area is 181 Å². The van der Waals surface area contributed by atoms with Gasteiger partial charge in [-0.05, 0) is 42.5 Å². The summed E-state index contributed by atoms with van der Waals surface area (Å²) in [4.78, 5) is 27.8. The fraction of sp³-hybridized carbons (Fsp3) is 0.381. The Balaban J connectivity index is 2.20. The molecule has 2 aromatic heterocycles. The highest BCUT2D eigenvalue weighted by molar-refractivity contribution is 6.31. The van der Waals surface area contributed by atoms with Gasteiger partial charge in [0, 0.05) is 11.1 Å². The molecule has 3 rings (SSSR count). The van der Waals surface area contributed by atoms with Gasteiger partial charge in [-0.15, -0.1) is 0 Å². The van der Waals surface area contributed by atoms with E-state index in [2.05, 4.69) is 15.4 Å². The second-order valence-electron chi connectivity index (χ2n) is 8.54. The maximum atomic E-state index is 13.8. The van der Waals surface area contributed by atoms with E-state index in [1.54, 1.807) is 32.0 Å². The van der Waals surface area contributed by atoms with Crippen molar-refractivity contribution in [3.63, 3.8) is 0 Å². The van der Waals surface area contributed by atoms with Gasteiger partial charge in [-0.25, -0.2) is 4.52 Å². The summed E-state index contributed by atoms with van der Waals surface area (Å²) in [5, 5.41) is 6.90. The number of nitrogens with zero attached hydrogens (tertiary/aromatic N) is 2. The Bertz CT molecular complexity index is 1220. The van der Waals surface area contributed by atoms with Crippen LogP contribution in [0.4, 0.5) is 13.2 Å². The molecule has 0 aliphatic heterocycles. The molecule has 0 radical (unpaired) electrons. The number of H-pyrrole nitrogens is 1. The second kappa shape index (κ2) is 7.71. The van der Waals surface area contributed by atoms with E-state index in [9.17, 15) is 22.8 Å². The van der Waals surface area contributed by atoms with Crippen LogP contribution >= 0.6 is 11.6 Å². The van der Waals surface area contributed by atoms with Crippen molar-refractivity contribution in [1.82, 2.24) is 19.9 Å². The number of aromatic amines is 1. The number of fused-ring (bicyclic) bond motifs is 1. The molecule has 6 nitrogen and oxygen atoms in total. The van der Waals surface area contributed by atoms with Crippen molar-refractivity contribution in [3.05, 3.63) is 56.6 Å². The average molecular weight is 455 g/mol. The molecule has 10 heteroatoms. The molecule has 1 atom stereocenters. The smallest absolute Gasteiger partial charge is 0.348 e. The number of carbonyl (C=O) groups excluding carboxylic acids is 1. The predicted octanol–water partition coefficient (Wildman–Crippen LogP) is 4.83. The monoisotopic (exact) mass is 454 g/mol. The molecule has 1 amide bonds. The zero-order valence-corrected chi connectivity index (χ0v) is 18.4. The van der Waals surface area contributed by atoms with E-state index in [1.165, 1.54) is 6.20 Å². The lowest BCUT2D eigenvalue weighted by molar-refractivity contribution is -0.136. The first-order valence-corrected chi connectivity index (χ1v) is 9.88. The Morgan fingerprint density at radius 3 is 2.45 bits per heavy atom. The van der Waals surface area contributed by atoms with Crippen molar-refractivity contribution in [2.45, 2.75) is 46.8 Å². The highest BCUT2D eigenvalue weighted by atomic mass is 35.5. The molecule has 0 spiro atoms. The maximum Gasteiger partial charge on any atom is 0.421 e. The molecule has 31 heavy (non-hydrogen) atoms. The summed E-state index contributed by atoms with van der Waals surface area (Å²) in [7, 11) is 0. The van der Waals surface area contributed by atoms with E-state index in [1.807, 2.05) is 20.8 Å². The molecule has 2 heterocycles. The van der Waals surface area contributed by atoms with Crippen molar-refractivity contribution in [1.29, 1.82) is 0 Å². The first kappa shape index (κ1) is 22.9. The molecule has 0 unspecified atom stereocenters. The van der Waals surface area contributed by atoms with Crippen molar-refractivity contribution < 1.29 is 18.0 Å². The van der Waals surface area contributed by atoms with E-state index in [-0.39, 0.29) is 11.1 Å². The predicted molar refractivity (Wildman–Crippen MR) is 112 cm³/mol. The molecule has 166 valence electrons. The number of halogens is 4. The van der Waals surface area contributed by atoms with Crippen molar-refractivity contribution in [3.8, 4) is 11.3 Å². The summed E-state index contributed by atoms with van der Waals surface area (Å²) in [5.74, 6) is -0.998. The Hall–Kier alpha value is -2.81. The summed E-state index contributed by atoms with van der Waals surface area (Å²) in [6.45, 7) is 8.98. The standard InChI is InChI=1S/C21H22ClF3N4O2/c1-10-8-12(6-7-13(10)22)14-9-29-17(19(31)27-14)15(21(23,24)25)16(28-29)18(30)26-11(2)20(3,4)5/h6-9,11H,1-5H3,(H,26,30)(H,27,31)/t11-/m1/s1. The zero-order valence-electron chi connectivity index (χ0n) is 17.6. The minimum atomic E-state index is -4.95. The molecule has 0 bridgehead atoms. The quantitative estimate of drug-likeness (QED) is 0.594.